The fourth-order valence-electron chi connectivity index (χ4n) is 2.98. The average Bonchev–Trinajstić information content (AvgIpc) is 2.95. The lowest BCUT2D eigenvalue weighted by Gasteiger charge is -2.29. The first kappa shape index (κ1) is 16.6. The molecule has 1 fully saturated rings. The minimum absolute atomic E-state index is 0.0612. The molecule has 2 aromatic rings. The van der Waals surface area contributed by atoms with Crippen LogP contribution in [-0.2, 0) is 0 Å². The van der Waals surface area contributed by atoms with Crippen molar-refractivity contribution in [1.82, 2.24) is 20.1 Å². The zero-order valence-electron chi connectivity index (χ0n) is 13.8. The first-order chi connectivity index (χ1) is 11.5. The summed E-state index contributed by atoms with van der Waals surface area (Å²) in [6, 6.07) is 3.30. The van der Waals surface area contributed by atoms with Crippen LogP contribution in [0.15, 0.2) is 23.1 Å². The normalized spacial score (nSPS) is 20.6. The number of hydrogen-bond acceptors (Lipinski definition) is 5. The Hall–Kier alpha value is -2.22. The number of hydrogen-bond donors (Lipinski definition) is 2. The summed E-state index contributed by atoms with van der Waals surface area (Å²) in [5.41, 5.74) is 0.779. The maximum atomic E-state index is 12.0. The van der Waals surface area contributed by atoms with Gasteiger partial charge in [-0.1, -0.05) is 0 Å². The highest BCUT2D eigenvalue weighted by Crippen LogP contribution is 2.27. The number of thiazole rings is 1. The number of nitrogens with zero attached hydrogens (tertiary/aromatic N) is 3. The topological polar surface area (TPSA) is 88.9 Å². The molecule has 0 aliphatic heterocycles. The number of urea groups is 1. The van der Waals surface area contributed by atoms with E-state index < -0.39 is 0 Å². The summed E-state index contributed by atoms with van der Waals surface area (Å²) in [5.74, 6) is 0. The van der Waals surface area contributed by atoms with Crippen molar-refractivity contribution >= 4 is 22.5 Å². The molecule has 0 atom stereocenters. The summed E-state index contributed by atoms with van der Waals surface area (Å²) in [4.78, 5) is 29.1. The highest BCUT2D eigenvalue weighted by Gasteiger charge is 2.25. The largest absolute Gasteiger partial charge is 0.335 e. The molecule has 2 amide bonds. The van der Waals surface area contributed by atoms with Crippen LogP contribution in [0, 0.1) is 13.8 Å². The van der Waals surface area contributed by atoms with E-state index in [1.54, 1.807) is 23.0 Å². The predicted octanol–water partition coefficient (Wildman–Crippen LogP) is 2.62. The first-order valence-corrected chi connectivity index (χ1v) is 8.89. The SMILES string of the molecule is Cc1ccc(=O)n(C2CCC(NC(=O)Nc3ncc(C)s3)CC2)n1. The molecule has 1 aliphatic rings. The smallest absolute Gasteiger partial charge is 0.321 e. The molecule has 3 rings (SSSR count). The second-order valence-corrected chi connectivity index (χ2v) is 7.37. The second kappa shape index (κ2) is 7.12. The number of aromatic nitrogens is 3. The van der Waals surface area contributed by atoms with Crippen molar-refractivity contribution in [2.45, 2.75) is 51.6 Å². The molecule has 0 spiro atoms. The number of anilines is 1. The van der Waals surface area contributed by atoms with Gasteiger partial charge in [-0.25, -0.2) is 14.5 Å². The third-order valence-corrected chi connectivity index (χ3v) is 5.01. The lowest BCUT2D eigenvalue weighted by Crippen LogP contribution is -2.41. The third kappa shape index (κ3) is 4.00. The third-order valence-electron chi connectivity index (χ3n) is 4.18. The van der Waals surface area contributed by atoms with Crippen LogP contribution in [0.4, 0.5) is 9.93 Å². The van der Waals surface area contributed by atoms with Crippen LogP contribution < -0.4 is 16.2 Å². The molecule has 8 heteroatoms. The van der Waals surface area contributed by atoms with Gasteiger partial charge in [0.05, 0.1) is 11.7 Å². The number of amides is 2. The Morgan fingerprint density at radius 2 is 2.00 bits per heavy atom. The van der Waals surface area contributed by atoms with Gasteiger partial charge in [-0.3, -0.25) is 10.1 Å². The Morgan fingerprint density at radius 3 is 2.67 bits per heavy atom. The first-order valence-electron chi connectivity index (χ1n) is 8.07. The van der Waals surface area contributed by atoms with Crippen LogP contribution >= 0.6 is 11.3 Å². The van der Waals surface area contributed by atoms with Gasteiger partial charge >= 0.3 is 6.03 Å². The molecule has 2 aromatic heterocycles. The van der Waals surface area contributed by atoms with E-state index >= 15 is 0 Å². The summed E-state index contributed by atoms with van der Waals surface area (Å²) in [7, 11) is 0. The van der Waals surface area contributed by atoms with Gasteiger partial charge in [-0.15, -0.1) is 11.3 Å². The lowest BCUT2D eigenvalue weighted by molar-refractivity contribution is 0.234. The molecule has 0 bridgehead atoms. The standard InChI is InChI=1S/C16H21N5O2S/c1-10-3-8-14(22)21(20-10)13-6-4-12(5-7-13)18-15(23)19-16-17-9-11(2)24-16/h3,8-9,12-13H,4-7H2,1-2H3,(H2,17,18,19,23). The molecule has 1 saturated carbocycles. The molecule has 1 aliphatic carbocycles. The van der Waals surface area contributed by atoms with Gasteiger partial charge in [0.2, 0.25) is 0 Å². The minimum atomic E-state index is -0.223. The van der Waals surface area contributed by atoms with Crippen LogP contribution in [0.1, 0.15) is 42.3 Å². The van der Waals surface area contributed by atoms with Crippen LogP contribution in [0.2, 0.25) is 0 Å². The highest BCUT2D eigenvalue weighted by molar-refractivity contribution is 7.15. The second-order valence-electron chi connectivity index (χ2n) is 6.14. The van der Waals surface area contributed by atoms with Gasteiger partial charge in [0.1, 0.15) is 0 Å². The summed E-state index contributed by atoms with van der Waals surface area (Å²) in [6.07, 6.45) is 5.06. The fourth-order valence-corrected chi connectivity index (χ4v) is 3.64. The molecule has 24 heavy (non-hydrogen) atoms. The van der Waals surface area contributed by atoms with E-state index in [2.05, 4.69) is 20.7 Å². The Kier molecular flexibility index (Phi) is 4.94. The minimum Gasteiger partial charge on any atom is -0.335 e. The van der Waals surface area contributed by atoms with Crippen molar-refractivity contribution in [3.8, 4) is 0 Å². The molecule has 2 heterocycles. The number of aryl methyl sites for hydroxylation is 2. The van der Waals surface area contributed by atoms with Gasteiger partial charge in [0, 0.05) is 23.2 Å². The van der Waals surface area contributed by atoms with Crippen molar-refractivity contribution < 1.29 is 4.79 Å². The van der Waals surface area contributed by atoms with Crippen molar-refractivity contribution in [3.05, 3.63) is 39.3 Å². The zero-order valence-corrected chi connectivity index (χ0v) is 14.6. The van der Waals surface area contributed by atoms with Crippen molar-refractivity contribution in [3.63, 3.8) is 0 Å². The maximum Gasteiger partial charge on any atom is 0.321 e. The van der Waals surface area contributed by atoms with Gasteiger partial charge in [-0.2, -0.15) is 5.10 Å². The summed E-state index contributed by atoms with van der Waals surface area (Å²) in [6.45, 7) is 3.83. The van der Waals surface area contributed by atoms with Gasteiger partial charge in [0.15, 0.2) is 5.13 Å². The average molecular weight is 347 g/mol. The highest BCUT2D eigenvalue weighted by atomic mass is 32.1. The Bertz CT molecular complexity index is 777. The van der Waals surface area contributed by atoms with E-state index in [4.69, 9.17) is 0 Å². The summed E-state index contributed by atoms with van der Waals surface area (Å²) >= 11 is 1.45. The Labute approximate surface area is 144 Å². The Morgan fingerprint density at radius 1 is 1.25 bits per heavy atom. The monoisotopic (exact) mass is 347 g/mol. The van der Waals surface area contributed by atoms with Gasteiger partial charge in [0.25, 0.3) is 5.56 Å². The van der Waals surface area contributed by atoms with E-state index in [9.17, 15) is 9.59 Å². The Balaban J connectivity index is 1.52. The van der Waals surface area contributed by atoms with Crippen molar-refractivity contribution in [1.29, 1.82) is 0 Å². The number of rotatable bonds is 3. The molecule has 0 aromatic carbocycles. The molecular weight excluding hydrogens is 326 g/mol. The molecule has 128 valence electrons. The van der Waals surface area contributed by atoms with Gasteiger partial charge in [-0.05, 0) is 45.6 Å². The summed E-state index contributed by atoms with van der Waals surface area (Å²) in [5, 5.41) is 10.7. The van der Waals surface area contributed by atoms with Crippen LogP contribution in [0.5, 0.6) is 0 Å². The van der Waals surface area contributed by atoms with E-state index in [1.165, 1.54) is 11.3 Å². The van der Waals surface area contributed by atoms with E-state index in [0.717, 1.165) is 36.3 Å². The lowest BCUT2D eigenvalue weighted by atomic mass is 9.91. The van der Waals surface area contributed by atoms with Crippen LogP contribution in [0.3, 0.4) is 0 Å². The number of carbonyl (C=O) groups is 1. The molecular formula is C16H21N5O2S. The quantitative estimate of drug-likeness (QED) is 0.893. The summed E-state index contributed by atoms with van der Waals surface area (Å²) < 4.78 is 1.59. The number of nitrogens with one attached hydrogen (secondary N) is 2. The molecule has 0 unspecified atom stereocenters. The number of carbonyl (C=O) groups excluding carboxylic acids is 1. The van der Waals surface area contributed by atoms with E-state index in [-0.39, 0.29) is 23.7 Å². The van der Waals surface area contributed by atoms with Crippen molar-refractivity contribution in [2.24, 2.45) is 0 Å². The maximum absolute atomic E-state index is 12.0. The van der Waals surface area contributed by atoms with Gasteiger partial charge < -0.3 is 5.32 Å². The van der Waals surface area contributed by atoms with Crippen LogP contribution in [0.25, 0.3) is 0 Å². The predicted molar refractivity (Wildman–Crippen MR) is 93.5 cm³/mol. The fraction of sp³-hybridized carbons (Fsp3) is 0.500. The molecule has 7 nitrogen and oxygen atoms in total. The molecule has 0 radical (unpaired) electrons. The van der Waals surface area contributed by atoms with E-state index in [1.807, 2.05) is 13.8 Å². The zero-order chi connectivity index (χ0) is 17.1. The van der Waals surface area contributed by atoms with E-state index in [0.29, 0.717) is 5.13 Å². The molecule has 2 N–H and O–H groups in total. The molecule has 0 saturated heterocycles. The van der Waals surface area contributed by atoms with Crippen molar-refractivity contribution in [2.75, 3.05) is 5.32 Å². The van der Waals surface area contributed by atoms with Crippen LogP contribution in [-0.4, -0.2) is 26.8 Å².